The molecule has 0 rings (SSSR count). The van der Waals surface area contributed by atoms with Gasteiger partial charge in [0.15, 0.2) is 0 Å². The first-order chi connectivity index (χ1) is 28.6. The molecular formula is C50H84NO7P. The van der Waals surface area contributed by atoms with Gasteiger partial charge in [0.1, 0.15) is 19.3 Å². The number of phosphoric acid groups is 1. The number of ether oxygens (including phenoxy) is 2. The molecule has 0 aromatic rings. The van der Waals surface area contributed by atoms with Crippen molar-refractivity contribution in [3.05, 3.63) is 109 Å². The number of likely N-dealkylation sites (N-methyl/N-ethyl adjacent to an activating group) is 1. The Morgan fingerprint density at radius 2 is 0.932 bits per heavy atom. The molecule has 2 unspecified atom stereocenters. The third-order valence-electron chi connectivity index (χ3n) is 8.85. The lowest BCUT2D eigenvalue weighted by molar-refractivity contribution is -0.870. The van der Waals surface area contributed by atoms with Gasteiger partial charge in [0.25, 0.3) is 7.82 Å². The van der Waals surface area contributed by atoms with Crippen LogP contribution in [-0.4, -0.2) is 70.7 Å². The molecule has 0 aliphatic rings. The molecule has 2 atom stereocenters. The molecule has 0 aliphatic heterocycles. The lowest BCUT2D eigenvalue weighted by Gasteiger charge is -2.28. The van der Waals surface area contributed by atoms with Crippen LogP contribution in [0.2, 0.25) is 0 Å². The van der Waals surface area contributed by atoms with E-state index in [9.17, 15) is 14.3 Å². The molecule has 0 aromatic carbocycles. The lowest BCUT2D eigenvalue weighted by Crippen LogP contribution is -2.37. The molecule has 0 amide bonds. The van der Waals surface area contributed by atoms with Gasteiger partial charge >= 0.3 is 5.97 Å². The van der Waals surface area contributed by atoms with E-state index in [2.05, 4.69) is 111 Å². The maximum atomic E-state index is 12.6. The highest BCUT2D eigenvalue weighted by atomic mass is 31.2. The molecule has 0 saturated heterocycles. The number of hydrogen-bond acceptors (Lipinski definition) is 7. The Kier molecular flexibility index (Phi) is 39.9. The van der Waals surface area contributed by atoms with E-state index >= 15 is 0 Å². The van der Waals surface area contributed by atoms with E-state index in [1.54, 1.807) is 6.08 Å². The number of carbonyl (C=O) groups is 1. The van der Waals surface area contributed by atoms with Gasteiger partial charge in [-0.25, -0.2) is 0 Å². The quantitative estimate of drug-likeness (QED) is 0.0199. The van der Waals surface area contributed by atoms with Crippen molar-refractivity contribution >= 4 is 13.8 Å². The molecule has 0 bridgehead atoms. The number of nitrogens with zero attached hydrogens (tertiary/aromatic N) is 1. The summed E-state index contributed by atoms with van der Waals surface area (Å²) in [6.07, 6.45) is 58.5. The summed E-state index contributed by atoms with van der Waals surface area (Å²) in [5, 5.41) is 0. The molecule has 9 heteroatoms. The molecule has 0 fully saturated rings. The highest BCUT2D eigenvalue weighted by Gasteiger charge is 2.20. The molecule has 0 saturated carbocycles. The highest BCUT2D eigenvalue weighted by Crippen LogP contribution is 2.38. The van der Waals surface area contributed by atoms with E-state index in [0.717, 1.165) is 77.0 Å². The van der Waals surface area contributed by atoms with E-state index < -0.39 is 19.9 Å². The molecule has 0 N–H and O–H groups in total. The van der Waals surface area contributed by atoms with Crippen molar-refractivity contribution in [1.29, 1.82) is 0 Å². The van der Waals surface area contributed by atoms with E-state index in [0.29, 0.717) is 24.1 Å². The monoisotopic (exact) mass is 842 g/mol. The Bertz CT molecular complexity index is 1300. The number of hydrogen-bond donors (Lipinski definition) is 0. The van der Waals surface area contributed by atoms with Crippen LogP contribution >= 0.6 is 7.82 Å². The van der Waals surface area contributed by atoms with Crippen molar-refractivity contribution in [3.8, 4) is 0 Å². The summed E-state index contributed by atoms with van der Waals surface area (Å²) in [7, 11) is 1.28. The van der Waals surface area contributed by atoms with Crippen LogP contribution < -0.4 is 4.89 Å². The normalized spacial score (nSPS) is 14.7. The van der Waals surface area contributed by atoms with Crippen molar-refractivity contribution in [2.45, 2.75) is 148 Å². The topological polar surface area (TPSA) is 94.1 Å². The number of unbranched alkanes of at least 4 members (excludes halogenated alkanes) is 9. The molecule has 8 nitrogen and oxygen atoms in total. The van der Waals surface area contributed by atoms with Crippen molar-refractivity contribution in [3.63, 3.8) is 0 Å². The van der Waals surface area contributed by atoms with Crippen LogP contribution in [0, 0.1) is 0 Å². The van der Waals surface area contributed by atoms with Gasteiger partial charge in [-0.1, -0.05) is 168 Å². The van der Waals surface area contributed by atoms with Crippen LogP contribution in [-0.2, 0) is 27.9 Å². The zero-order valence-corrected chi connectivity index (χ0v) is 38.8. The second-order valence-corrected chi connectivity index (χ2v) is 17.1. The summed E-state index contributed by atoms with van der Waals surface area (Å²) in [6, 6.07) is 0. The second-order valence-electron chi connectivity index (χ2n) is 15.7. The Hall–Kier alpha value is -2.84. The highest BCUT2D eigenvalue weighted by molar-refractivity contribution is 7.45. The summed E-state index contributed by atoms with van der Waals surface area (Å²) in [5.41, 5.74) is 0. The molecule has 0 aliphatic carbocycles. The van der Waals surface area contributed by atoms with Gasteiger partial charge in [0.2, 0.25) is 0 Å². The van der Waals surface area contributed by atoms with Crippen LogP contribution in [0.1, 0.15) is 142 Å². The van der Waals surface area contributed by atoms with Crippen LogP contribution in [0.3, 0.4) is 0 Å². The Labute approximate surface area is 361 Å². The molecule has 0 aromatic heterocycles. The fourth-order valence-corrected chi connectivity index (χ4v) is 6.16. The fraction of sp³-hybridized carbons (Fsp3) is 0.620. The van der Waals surface area contributed by atoms with Gasteiger partial charge in [0.05, 0.1) is 40.8 Å². The third-order valence-corrected chi connectivity index (χ3v) is 9.82. The van der Waals surface area contributed by atoms with E-state index in [1.165, 1.54) is 38.5 Å². The number of esters is 1. The van der Waals surface area contributed by atoms with Crippen molar-refractivity contribution < 1.29 is 37.3 Å². The van der Waals surface area contributed by atoms with Gasteiger partial charge in [0, 0.05) is 6.61 Å². The van der Waals surface area contributed by atoms with Crippen molar-refractivity contribution in [1.82, 2.24) is 0 Å². The zero-order valence-electron chi connectivity index (χ0n) is 37.9. The molecule has 59 heavy (non-hydrogen) atoms. The number of quaternary nitrogens is 1. The van der Waals surface area contributed by atoms with Gasteiger partial charge in [-0.3, -0.25) is 9.36 Å². The van der Waals surface area contributed by atoms with E-state index in [-0.39, 0.29) is 26.2 Å². The van der Waals surface area contributed by atoms with E-state index in [1.807, 2.05) is 27.2 Å². The molecule has 0 heterocycles. The lowest BCUT2D eigenvalue weighted by atomic mass is 10.1. The summed E-state index contributed by atoms with van der Waals surface area (Å²) < 4.78 is 34.5. The van der Waals surface area contributed by atoms with Crippen LogP contribution in [0.5, 0.6) is 0 Å². The number of rotatable bonds is 40. The first kappa shape index (κ1) is 56.2. The number of carbonyl (C=O) groups excluding carboxylic acids is 1. The first-order valence-corrected chi connectivity index (χ1v) is 24.1. The van der Waals surface area contributed by atoms with Crippen LogP contribution in [0.25, 0.3) is 0 Å². The number of allylic oxidation sites excluding steroid dienone is 17. The van der Waals surface area contributed by atoms with Crippen LogP contribution in [0.4, 0.5) is 0 Å². The average Bonchev–Trinajstić information content (AvgIpc) is 3.19. The average molecular weight is 842 g/mol. The van der Waals surface area contributed by atoms with Gasteiger partial charge in [-0.15, -0.1) is 0 Å². The van der Waals surface area contributed by atoms with Crippen LogP contribution in [0.15, 0.2) is 109 Å². The summed E-state index contributed by atoms with van der Waals surface area (Å²) in [5.74, 6) is -0.468. The summed E-state index contributed by atoms with van der Waals surface area (Å²) in [4.78, 5) is 25.0. The minimum absolute atomic E-state index is 0.00197. The van der Waals surface area contributed by atoms with E-state index in [4.69, 9.17) is 18.5 Å². The fourth-order valence-electron chi connectivity index (χ4n) is 5.43. The van der Waals surface area contributed by atoms with Crippen molar-refractivity contribution in [2.75, 3.05) is 54.1 Å². The minimum atomic E-state index is -4.56. The zero-order chi connectivity index (χ0) is 43.4. The summed E-state index contributed by atoms with van der Waals surface area (Å²) in [6.45, 7) is 5.00. The van der Waals surface area contributed by atoms with Crippen molar-refractivity contribution in [2.24, 2.45) is 0 Å². The maximum absolute atomic E-state index is 12.6. The van der Waals surface area contributed by atoms with Gasteiger partial charge in [-0.05, 0) is 77.0 Å². The standard InChI is InChI=1S/C50H84NO7P/c1-6-8-10-12-14-16-18-20-22-23-24-25-26-27-28-30-32-34-36-38-40-42-45-55-47-49(48-57-59(53,54)56-46-44-51(3,4)5)58-50(52)43-41-39-37-35-33-31-29-21-19-17-15-13-11-9-7-2/h8-11,14-17,20-22,24-25,29,33,35,39,41,49H,6-7,12-13,18-19,23,26-28,30-32,34,36-38,40,42-48H2,1-5H3/b10-8-,11-9-,16-14-,17-15-,22-20-,25-24-,29-21-,35-33-,41-39-. The predicted octanol–water partition coefficient (Wildman–Crippen LogP) is 13.0. The van der Waals surface area contributed by atoms with Gasteiger partial charge in [-0.2, -0.15) is 0 Å². The predicted molar refractivity (Wildman–Crippen MR) is 249 cm³/mol. The largest absolute Gasteiger partial charge is 0.756 e. The molecule has 0 radical (unpaired) electrons. The molecule has 0 spiro atoms. The smallest absolute Gasteiger partial charge is 0.310 e. The van der Waals surface area contributed by atoms with Gasteiger partial charge < -0.3 is 27.9 Å². The second kappa shape index (κ2) is 41.9. The number of phosphoric ester groups is 1. The first-order valence-electron chi connectivity index (χ1n) is 22.6. The Morgan fingerprint density at radius 1 is 0.525 bits per heavy atom. The maximum Gasteiger partial charge on any atom is 0.310 e. The molecular weight excluding hydrogens is 758 g/mol. The third kappa shape index (κ3) is 46.1. The Morgan fingerprint density at radius 3 is 1.39 bits per heavy atom. The minimum Gasteiger partial charge on any atom is -0.756 e. The SMILES string of the molecule is CC/C=C\C/C=C\C/C=C\C/C=C\C/C=C\CC(=O)OC(COCCCCCCCCCCC/C=C\C/C=C\C/C=C\C/C=C\CC)COP(=O)([O-])OCC[N+](C)(C)C. The Balaban J connectivity index is 4.33. The molecule has 336 valence electrons. The summed E-state index contributed by atoms with van der Waals surface area (Å²) >= 11 is 0.